The summed E-state index contributed by atoms with van der Waals surface area (Å²) in [5.74, 6) is 0.815. The summed E-state index contributed by atoms with van der Waals surface area (Å²) in [6.45, 7) is 3.94. The van der Waals surface area contributed by atoms with Gasteiger partial charge in [0.2, 0.25) is 0 Å². The normalized spacial score (nSPS) is 19.0. The van der Waals surface area contributed by atoms with Crippen LogP contribution < -0.4 is 0 Å². The lowest BCUT2D eigenvalue weighted by Crippen LogP contribution is -2.41. The van der Waals surface area contributed by atoms with Crippen LogP contribution in [0, 0.1) is 0 Å². The highest BCUT2D eigenvalue weighted by Crippen LogP contribution is 2.24. The predicted molar refractivity (Wildman–Crippen MR) is 114 cm³/mol. The number of hydrogen-bond acceptors (Lipinski definition) is 6. The van der Waals surface area contributed by atoms with Gasteiger partial charge in [0.25, 0.3) is 5.91 Å². The molecule has 1 unspecified atom stereocenters. The molecule has 4 heterocycles. The van der Waals surface area contributed by atoms with E-state index < -0.39 is 0 Å². The van der Waals surface area contributed by atoms with Crippen molar-refractivity contribution in [2.45, 2.75) is 25.5 Å². The van der Waals surface area contributed by atoms with Crippen LogP contribution in [0.4, 0.5) is 0 Å². The SMILES string of the molecule is O=C(c1cncc(-c2ccc(-c3nccn3CC3CCCO3)cc2)n1)N1CCOCC1. The molecule has 0 aliphatic carbocycles. The van der Waals surface area contributed by atoms with Gasteiger partial charge in [0.1, 0.15) is 11.5 Å². The van der Waals surface area contributed by atoms with Crippen molar-refractivity contribution < 1.29 is 14.3 Å². The molecule has 0 bridgehead atoms. The molecule has 8 heteroatoms. The molecule has 0 N–H and O–H groups in total. The molecule has 31 heavy (non-hydrogen) atoms. The van der Waals surface area contributed by atoms with Crippen LogP contribution in [0.1, 0.15) is 23.3 Å². The second-order valence-corrected chi connectivity index (χ2v) is 7.81. The first-order valence-corrected chi connectivity index (χ1v) is 10.7. The zero-order chi connectivity index (χ0) is 21.0. The molecule has 1 atom stereocenters. The maximum Gasteiger partial charge on any atom is 0.274 e. The van der Waals surface area contributed by atoms with E-state index in [0.29, 0.717) is 37.7 Å². The van der Waals surface area contributed by atoms with Crippen molar-refractivity contribution in [2.24, 2.45) is 0 Å². The highest BCUT2D eigenvalue weighted by atomic mass is 16.5. The third-order valence-corrected chi connectivity index (χ3v) is 5.73. The molecule has 2 aliphatic heterocycles. The van der Waals surface area contributed by atoms with E-state index in [-0.39, 0.29) is 12.0 Å². The topological polar surface area (TPSA) is 82.4 Å². The number of ether oxygens (including phenoxy) is 2. The number of carbonyl (C=O) groups excluding carboxylic acids is 1. The Kier molecular flexibility index (Phi) is 5.73. The lowest BCUT2D eigenvalue weighted by Gasteiger charge is -2.26. The van der Waals surface area contributed by atoms with E-state index in [0.717, 1.165) is 42.9 Å². The predicted octanol–water partition coefficient (Wildman–Crippen LogP) is 2.66. The summed E-state index contributed by atoms with van der Waals surface area (Å²) in [4.78, 5) is 27.8. The number of hydrogen-bond donors (Lipinski definition) is 0. The van der Waals surface area contributed by atoms with Crippen LogP contribution in [0.5, 0.6) is 0 Å². The zero-order valence-corrected chi connectivity index (χ0v) is 17.3. The first-order valence-electron chi connectivity index (χ1n) is 10.7. The van der Waals surface area contributed by atoms with E-state index in [1.807, 2.05) is 36.7 Å². The van der Waals surface area contributed by atoms with Crippen molar-refractivity contribution in [1.82, 2.24) is 24.4 Å². The number of amides is 1. The lowest BCUT2D eigenvalue weighted by molar-refractivity contribution is 0.0299. The van der Waals surface area contributed by atoms with Crippen molar-refractivity contribution >= 4 is 5.91 Å². The monoisotopic (exact) mass is 419 g/mol. The van der Waals surface area contributed by atoms with E-state index in [4.69, 9.17) is 9.47 Å². The minimum Gasteiger partial charge on any atom is -0.378 e. The zero-order valence-electron chi connectivity index (χ0n) is 17.3. The molecule has 2 aliphatic rings. The van der Waals surface area contributed by atoms with E-state index in [2.05, 4.69) is 19.5 Å². The minimum atomic E-state index is -0.106. The molecule has 2 fully saturated rings. The maximum atomic E-state index is 12.7. The van der Waals surface area contributed by atoms with Gasteiger partial charge in [-0.15, -0.1) is 0 Å². The molecule has 1 aromatic carbocycles. The summed E-state index contributed by atoms with van der Waals surface area (Å²) < 4.78 is 13.2. The summed E-state index contributed by atoms with van der Waals surface area (Å²) in [7, 11) is 0. The smallest absolute Gasteiger partial charge is 0.274 e. The molecule has 0 radical (unpaired) electrons. The lowest BCUT2D eigenvalue weighted by atomic mass is 10.1. The van der Waals surface area contributed by atoms with Gasteiger partial charge >= 0.3 is 0 Å². The Hall–Kier alpha value is -3.10. The molecular weight excluding hydrogens is 394 g/mol. The summed E-state index contributed by atoms with van der Waals surface area (Å²) in [6, 6.07) is 8.05. The van der Waals surface area contributed by atoms with Gasteiger partial charge in [-0.05, 0) is 12.8 Å². The summed E-state index contributed by atoms with van der Waals surface area (Å²) in [5, 5.41) is 0. The van der Waals surface area contributed by atoms with Crippen LogP contribution in [0.2, 0.25) is 0 Å². The average Bonchev–Trinajstić information content (AvgIpc) is 3.52. The Labute approximate surface area is 180 Å². The maximum absolute atomic E-state index is 12.7. The molecule has 1 amide bonds. The number of benzene rings is 1. The fourth-order valence-electron chi connectivity index (χ4n) is 4.05. The highest BCUT2D eigenvalue weighted by molar-refractivity contribution is 5.92. The number of aromatic nitrogens is 4. The van der Waals surface area contributed by atoms with Gasteiger partial charge in [-0.25, -0.2) is 9.97 Å². The van der Waals surface area contributed by atoms with Crippen molar-refractivity contribution in [3.63, 3.8) is 0 Å². The van der Waals surface area contributed by atoms with Gasteiger partial charge < -0.3 is 18.9 Å². The molecule has 5 rings (SSSR count). The van der Waals surface area contributed by atoms with Crippen LogP contribution in [0.15, 0.2) is 49.1 Å². The largest absolute Gasteiger partial charge is 0.378 e. The van der Waals surface area contributed by atoms with Gasteiger partial charge in [-0.3, -0.25) is 9.78 Å². The van der Waals surface area contributed by atoms with Gasteiger partial charge in [-0.2, -0.15) is 0 Å². The number of imidazole rings is 1. The number of rotatable bonds is 5. The van der Waals surface area contributed by atoms with Crippen molar-refractivity contribution in [2.75, 3.05) is 32.9 Å². The highest BCUT2D eigenvalue weighted by Gasteiger charge is 2.21. The molecular formula is C23H25N5O3. The van der Waals surface area contributed by atoms with E-state index in [9.17, 15) is 4.79 Å². The fourth-order valence-corrected chi connectivity index (χ4v) is 4.05. The Morgan fingerprint density at radius 2 is 1.87 bits per heavy atom. The Morgan fingerprint density at radius 1 is 1.06 bits per heavy atom. The number of morpholine rings is 1. The van der Waals surface area contributed by atoms with E-state index in [1.54, 1.807) is 11.1 Å². The Morgan fingerprint density at radius 3 is 2.65 bits per heavy atom. The van der Waals surface area contributed by atoms with Crippen molar-refractivity contribution in [3.8, 4) is 22.6 Å². The average molecular weight is 419 g/mol. The molecule has 2 saturated heterocycles. The standard InChI is InChI=1S/C23H25N5O3/c29-23(27-9-12-30-13-10-27)21-15-24-14-20(26-21)17-3-5-18(6-4-17)22-25-7-8-28(22)16-19-2-1-11-31-19/h3-8,14-15,19H,1-2,9-13,16H2. The summed E-state index contributed by atoms with van der Waals surface area (Å²) in [6.07, 6.45) is 9.50. The minimum absolute atomic E-state index is 0.106. The number of nitrogens with zero attached hydrogens (tertiary/aromatic N) is 5. The van der Waals surface area contributed by atoms with Gasteiger partial charge in [0, 0.05) is 43.2 Å². The van der Waals surface area contributed by atoms with Gasteiger partial charge in [-0.1, -0.05) is 24.3 Å². The molecule has 8 nitrogen and oxygen atoms in total. The van der Waals surface area contributed by atoms with Crippen molar-refractivity contribution in [1.29, 1.82) is 0 Å². The van der Waals surface area contributed by atoms with Gasteiger partial charge in [0.15, 0.2) is 0 Å². The van der Waals surface area contributed by atoms with Crippen LogP contribution in [-0.4, -0.2) is 69.3 Å². The summed E-state index contributed by atoms with van der Waals surface area (Å²) in [5.41, 5.74) is 2.97. The molecule has 0 saturated carbocycles. The third-order valence-electron chi connectivity index (χ3n) is 5.73. The van der Waals surface area contributed by atoms with Crippen LogP contribution in [0.3, 0.4) is 0 Å². The first kappa shape index (κ1) is 19.8. The third kappa shape index (κ3) is 4.35. The van der Waals surface area contributed by atoms with Crippen molar-refractivity contribution in [3.05, 3.63) is 54.7 Å². The Bertz CT molecular complexity index is 1040. The van der Waals surface area contributed by atoms with E-state index in [1.165, 1.54) is 6.20 Å². The molecule has 2 aromatic heterocycles. The number of carbonyl (C=O) groups is 1. The van der Waals surface area contributed by atoms with Crippen LogP contribution in [-0.2, 0) is 16.0 Å². The molecule has 160 valence electrons. The van der Waals surface area contributed by atoms with E-state index >= 15 is 0 Å². The Balaban J connectivity index is 1.34. The summed E-state index contributed by atoms with van der Waals surface area (Å²) >= 11 is 0. The second kappa shape index (κ2) is 8.95. The van der Waals surface area contributed by atoms with Gasteiger partial charge in [0.05, 0.1) is 44.0 Å². The van der Waals surface area contributed by atoms with Crippen LogP contribution >= 0.6 is 0 Å². The quantitative estimate of drug-likeness (QED) is 0.632. The van der Waals surface area contributed by atoms with Crippen LogP contribution in [0.25, 0.3) is 22.6 Å². The first-order chi connectivity index (χ1) is 15.3. The molecule has 0 spiro atoms. The fraction of sp³-hybridized carbons (Fsp3) is 0.391. The second-order valence-electron chi connectivity index (χ2n) is 7.81. The molecule has 3 aromatic rings.